The van der Waals surface area contributed by atoms with E-state index < -0.39 is 0 Å². The third kappa shape index (κ3) is 4.97. The van der Waals surface area contributed by atoms with E-state index in [9.17, 15) is 9.59 Å². The average molecular weight is 401 g/mol. The lowest BCUT2D eigenvalue weighted by Gasteiger charge is -2.14. The largest absolute Gasteiger partial charge is 0.351 e. The summed E-state index contributed by atoms with van der Waals surface area (Å²) in [7, 11) is 3.91. The first-order valence-corrected chi connectivity index (χ1v) is 10.2. The Bertz CT molecular complexity index is 1000. The van der Waals surface area contributed by atoms with E-state index in [0.29, 0.717) is 34.3 Å². The Morgan fingerprint density at radius 2 is 2.14 bits per heavy atom. The van der Waals surface area contributed by atoms with Gasteiger partial charge in [0.2, 0.25) is 0 Å². The molecule has 0 saturated heterocycles. The van der Waals surface area contributed by atoms with Crippen molar-refractivity contribution in [3.63, 3.8) is 0 Å². The van der Waals surface area contributed by atoms with Crippen LogP contribution in [0.2, 0.25) is 0 Å². The first-order valence-electron chi connectivity index (χ1n) is 9.83. The highest BCUT2D eigenvalue weighted by Crippen LogP contribution is 2.20. The van der Waals surface area contributed by atoms with Crippen LogP contribution in [0.4, 0.5) is 0 Å². The van der Waals surface area contributed by atoms with Crippen LogP contribution in [0.1, 0.15) is 42.5 Å². The fourth-order valence-electron chi connectivity index (χ4n) is 3.48. The predicted molar refractivity (Wildman–Crippen MR) is 115 cm³/mol. The molecule has 1 aromatic carbocycles. The second-order valence-electron chi connectivity index (χ2n) is 7.56. The van der Waals surface area contributed by atoms with Crippen molar-refractivity contribution < 1.29 is 4.79 Å². The number of aromatic nitrogens is 2. The van der Waals surface area contributed by atoms with E-state index >= 15 is 0 Å². The molecule has 28 heavy (non-hydrogen) atoms. The van der Waals surface area contributed by atoms with Gasteiger partial charge in [-0.3, -0.25) is 14.2 Å². The van der Waals surface area contributed by atoms with Gasteiger partial charge < -0.3 is 15.2 Å². The van der Waals surface area contributed by atoms with Crippen LogP contribution in [0.25, 0.3) is 10.9 Å². The summed E-state index contributed by atoms with van der Waals surface area (Å²) in [6, 6.07) is 5.10. The molecular weight excluding hydrogens is 372 g/mol. The summed E-state index contributed by atoms with van der Waals surface area (Å²) in [4.78, 5) is 30.4. The number of hydrogen-bond acceptors (Lipinski definition) is 4. The number of benzene rings is 1. The minimum absolute atomic E-state index is 0.102. The third-order valence-corrected chi connectivity index (χ3v) is 5.45. The van der Waals surface area contributed by atoms with Gasteiger partial charge >= 0.3 is 0 Å². The van der Waals surface area contributed by atoms with Crippen molar-refractivity contribution in [3.05, 3.63) is 50.5 Å². The quantitative estimate of drug-likeness (QED) is 0.553. The third-order valence-electron chi connectivity index (χ3n) is 5.13. The lowest BCUT2D eigenvalue weighted by molar-refractivity contribution is 0.0951. The lowest BCUT2D eigenvalue weighted by atomic mass is 9.97. The topological polar surface area (TPSA) is 70.1 Å². The maximum Gasteiger partial charge on any atom is 0.262 e. The van der Waals surface area contributed by atoms with Crippen molar-refractivity contribution in [1.29, 1.82) is 0 Å². The number of aromatic amines is 1. The number of nitrogens with one attached hydrogen (secondary N) is 2. The average Bonchev–Trinajstić information content (AvgIpc) is 2.67. The van der Waals surface area contributed by atoms with Gasteiger partial charge in [0.05, 0.1) is 10.9 Å². The van der Waals surface area contributed by atoms with E-state index in [4.69, 9.17) is 12.2 Å². The van der Waals surface area contributed by atoms with Gasteiger partial charge in [-0.1, -0.05) is 11.6 Å². The van der Waals surface area contributed by atoms with Gasteiger partial charge in [-0.2, -0.15) is 0 Å². The molecule has 1 aromatic heterocycles. The second kappa shape index (κ2) is 9.30. The van der Waals surface area contributed by atoms with Crippen LogP contribution in [0.3, 0.4) is 0 Å². The van der Waals surface area contributed by atoms with E-state index in [1.807, 2.05) is 19.0 Å². The number of hydrogen-bond donors (Lipinski definition) is 2. The summed E-state index contributed by atoms with van der Waals surface area (Å²) >= 11 is 5.42. The second-order valence-corrected chi connectivity index (χ2v) is 7.95. The molecule has 3 rings (SSSR count). The van der Waals surface area contributed by atoms with Gasteiger partial charge in [-0.25, -0.2) is 0 Å². The van der Waals surface area contributed by atoms with Crippen LogP contribution < -0.4 is 10.9 Å². The fraction of sp³-hybridized carbons (Fsp3) is 0.476. The zero-order valence-corrected chi connectivity index (χ0v) is 17.4. The van der Waals surface area contributed by atoms with E-state index in [1.54, 1.807) is 22.8 Å². The van der Waals surface area contributed by atoms with Crippen LogP contribution in [-0.2, 0) is 6.54 Å². The number of carbonyl (C=O) groups excluding carboxylic acids is 1. The Hall–Kier alpha value is -2.25. The Morgan fingerprint density at radius 1 is 1.32 bits per heavy atom. The molecule has 1 aliphatic carbocycles. The molecule has 2 N–H and O–H groups in total. The van der Waals surface area contributed by atoms with E-state index in [0.717, 1.165) is 25.8 Å². The number of amides is 1. The highest BCUT2D eigenvalue weighted by molar-refractivity contribution is 7.71. The maximum absolute atomic E-state index is 12.9. The van der Waals surface area contributed by atoms with Gasteiger partial charge in [0.15, 0.2) is 4.77 Å². The fourth-order valence-corrected chi connectivity index (χ4v) is 3.77. The maximum atomic E-state index is 12.9. The van der Waals surface area contributed by atoms with Crippen molar-refractivity contribution >= 4 is 29.0 Å². The molecule has 0 unspecified atom stereocenters. The summed E-state index contributed by atoms with van der Waals surface area (Å²) in [5, 5.41) is 3.43. The number of likely N-dealkylation sites (N-methyl/N-ethyl adjacent to an activating group) is 1. The highest BCUT2D eigenvalue weighted by atomic mass is 32.1. The first-order chi connectivity index (χ1) is 13.5. The molecule has 150 valence electrons. The van der Waals surface area contributed by atoms with Gasteiger partial charge in [0, 0.05) is 25.2 Å². The lowest BCUT2D eigenvalue weighted by Crippen LogP contribution is -2.31. The number of allylic oxidation sites excluding steroid dienone is 2. The van der Waals surface area contributed by atoms with Gasteiger partial charge in [-0.15, -0.1) is 0 Å². The Labute approximate surface area is 170 Å². The first kappa shape index (κ1) is 20.5. The molecule has 6 nitrogen and oxygen atoms in total. The van der Waals surface area contributed by atoms with Crippen LogP contribution in [0.15, 0.2) is 34.6 Å². The molecule has 1 aliphatic rings. The molecule has 1 amide bonds. The Balaban J connectivity index is 1.80. The summed E-state index contributed by atoms with van der Waals surface area (Å²) in [5.41, 5.74) is 2.43. The monoisotopic (exact) mass is 400 g/mol. The molecule has 0 fully saturated rings. The molecule has 2 aromatic rings. The van der Waals surface area contributed by atoms with Crippen molar-refractivity contribution in [2.24, 2.45) is 0 Å². The van der Waals surface area contributed by atoms with E-state index in [-0.39, 0.29) is 11.5 Å². The molecule has 0 radical (unpaired) electrons. The number of carbonyl (C=O) groups is 1. The normalized spacial score (nSPS) is 14.3. The van der Waals surface area contributed by atoms with Crippen LogP contribution in [0.5, 0.6) is 0 Å². The van der Waals surface area contributed by atoms with Crippen LogP contribution in [0, 0.1) is 4.77 Å². The minimum Gasteiger partial charge on any atom is -0.351 e. The number of fused-ring (bicyclic) bond motifs is 1. The molecule has 0 atom stereocenters. The van der Waals surface area contributed by atoms with Gasteiger partial charge in [0.1, 0.15) is 0 Å². The number of nitrogens with zero attached hydrogens (tertiary/aromatic N) is 2. The SMILES string of the molecule is CN(C)CCNC(=O)c1ccc2c(=O)n(CCC3=CCCCC3)c(=S)[nH]c2c1. The zero-order valence-electron chi connectivity index (χ0n) is 16.6. The molecule has 7 heteroatoms. The van der Waals surface area contributed by atoms with Crippen molar-refractivity contribution in [2.45, 2.75) is 38.6 Å². The minimum atomic E-state index is -0.156. The van der Waals surface area contributed by atoms with Crippen LogP contribution in [-0.4, -0.2) is 47.5 Å². The molecular formula is C21H28N4O2S. The van der Waals surface area contributed by atoms with Crippen molar-refractivity contribution in [2.75, 3.05) is 27.2 Å². The Kier molecular flexibility index (Phi) is 6.80. The highest BCUT2D eigenvalue weighted by Gasteiger charge is 2.11. The summed E-state index contributed by atoms with van der Waals surface area (Å²) in [6.07, 6.45) is 7.88. The molecule has 0 spiro atoms. The molecule has 0 bridgehead atoms. The van der Waals surface area contributed by atoms with Gasteiger partial charge in [-0.05, 0) is 76.6 Å². The van der Waals surface area contributed by atoms with Gasteiger partial charge in [0.25, 0.3) is 11.5 Å². The number of rotatable bonds is 7. The van der Waals surface area contributed by atoms with Crippen molar-refractivity contribution in [3.8, 4) is 0 Å². The number of H-pyrrole nitrogens is 1. The summed E-state index contributed by atoms with van der Waals surface area (Å²) < 4.78 is 2.03. The predicted octanol–water partition coefficient (Wildman–Crippen LogP) is 3.24. The van der Waals surface area contributed by atoms with E-state index in [1.165, 1.54) is 18.4 Å². The van der Waals surface area contributed by atoms with E-state index in [2.05, 4.69) is 16.4 Å². The van der Waals surface area contributed by atoms with Crippen LogP contribution >= 0.6 is 12.2 Å². The molecule has 0 saturated carbocycles. The standard InChI is InChI=1S/C21H28N4O2S/c1-24(2)13-11-22-19(26)16-8-9-17-18(14-16)23-21(28)25(20(17)27)12-10-15-6-4-3-5-7-15/h6,8-9,14H,3-5,7,10-13H2,1-2H3,(H,22,26)(H,23,28). The molecule has 0 aliphatic heterocycles. The molecule has 1 heterocycles. The zero-order chi connectivity index (χ0) is 20.1. The smallest absolute Gasteiger partial charge is 0.262 e. The summed E-state index contributed by atoms with van der Waals surface area (Å²) in [6.45, 7) is 1.92. The van der Waals surface area contributed by atoms with Crippen molar-refractivity contribution in [1.82, 2.24) is 19.8 Å². The summed E-state index contributed by atoms with van der Waals surface area (Å²) in [5.74, 6) is -0.156. The Morgan fingerprint density at radius 3 is 2.86 bits per heavy atom.